The van der Waals surface area contributed by atoms with Crippen LogP contribution in [0.2, 0.25) is 0 Å². The molecule has 6 nitrogen and oxygen atoms in total. The van der Waals surface area contributed by atoms with Gasteiger partial charge in [0.15, 0.2) is 0 Å². The van der Waals surface area contributed by atoms with E-state index in [1.54, 1.807) is 7.11 Å². The molecule has 0 radical (unpaired) electrons. The number of amides is 1. The molecule has 0 spiro atoms. The summed E-state index contributed by atoms with van der Waals surface area (Å²) in [6.07, 6.45) is 2.11. The van der Waals surface area contributed by atoms with Gasteiger partial charge in [-0.25, -0.2) is 4.79 Å². The van der Waals surface area contributed by atoms with Gasteiger partial charge in [0.2, 0.25) is 5.91 Å². The average Bonchev–Trinajstić information content (AvgIpc) is 3.30. The lowest BCUT2D eigenvalue weighted by atomic mass is 9.85. The number of H-pyrrole nitrogens is 1. The first kappa shape index (κ1) is 22.0. The summed E-state index contributed by atoms with van der Waals surface area (Å²) < 4.78 is 10.8. The Labute approximate surface area is 199 Å². The Morgan fingerprint density at radius 1 is 1.09 bits per heavy atom. The molecule has 1 atom stereocenters. The van der Waals surface area contributed by atoms with Gasteiger partial charge in [-0.3, -0.25) is 4.79 Å². The highest BCUT2D eigenvalue weighted by atomic mass is 16.5. The first-order valence-corrected chi connectivity index (χ1v) is 11.3. The van der Waals surface area contributed by atoms with Gasteiger partial charge < -0.3 is 19.4 Å². The molecule has 0 fully saturated rings. The van der Waals surface area contributed by atoms with Gasteiger partial charge in [-0.1, -0.05) is 36.4 Å². The number of esters is 1. The minimum absolute atomic E-state index is 0.0698. The second kappa shape index (κ2) is 7.62. The van der Waals surface area contributed by atoms with Crippen molar-refractivity contribution in [3.05, 3.63) is 76.5 Å². The van der Waals surface area contributed by atoms with E-state index in [1.807, 2.05) is 68.1 Å². The number of aryl methyl sites for hydroxylation is 1. The molecule has 0 saturated carbocycles. The van der Waals surface area contributed by atoms with E-state index in [-0.39, 0.29) is 5.91 Å². The molecule has 1 N–H and O–H groups in total. The van der Waals surface area contributed by atoms with Gasteiger partial charge in [0.25, 0.3) is 0 Å². The molecule has 1 unspecified atom stereocenters. The summed E-state index contributed by atoms with van der Waals surface area (Å²) in [5.41, 5.74) is 6.61. The van der Waals surface area contributed by atoms with Crippen molar-refractivity contribution in [2.45, 2.75) is 39.2 Å². The van der Waals surface area contributed by atoms with Gasteiger partial charge in [0.05, 0.1) is 42.6 Å². The van der Waals surface area contributed by atoms with Crippen molar-refractivity contribution in [2.24, 2.45) is 0 Å². The molecule has 2 aliphatic heterocycles. The first-order valence-electron chi connectivity index (χ1n) is 11.3. The van der Waals surface area contributed by atoms with Crippen molar-refractivity contribution < 1.29 is 19.1 Å². The fourth-order valence-corrected chi connectivity index (χ4v) is 5.54. The number of nitrogens with zero attached hydrogens (tertiary/aromatic N) is 1. The maximum absolute atomic E-state index is 14.2. The number of rotatable bonds is 4. The Morgan fingerprint density at radius 3 is 2.44 bits per heavy atom. The molecule has 3 aromatic rings. The van der Waals surface area contributed by atoms with Gasteiger partial charge in [0, 0.05) is 16.8 Å². The normalized spacial score (nSPS) is 17.9. The van der Waals surface area contributed by atoms with E-state index >= 15 is 0 Å². The Kier molecular flexibility index (Phi) is 4.93. The second-order valence-corrected chi connectivity index (χ2v) is 9.47. The minimum Gasteiger partial charge on any atom is -0.497 e. The summed E-state index contributed by atoms with van der Waals surface area (Å²) in [4.78, 5) is 32.5. The van der Waals surface area contributed by atoms with Crippen LogP contribution in [0.4, 0.5) is 5.69 Å². The number of benzene rings is 2. The third-order valence-corrected chi connectivity index (χ3v) is 6.89. The standard InChI is InChI=1S/C28H28N2O4/c1-15-14-28(3,4)30-25-19(15)12-18(33-5)13-20(25)22(26(30)31)23-21(27(32)34-6)16(2)29-24(23)17-10-8-7-9-11-17/h7-14,22,29H,1-6H3. The van der Waals surface area contributed by atoms with E-state index in [0.717, 1.165) is 33.6 Å². The van der Waals surface area contributed by atoms with Crippen molar-refractivity contribution in [3.63, 3.8) is 0 Å². The van der Waals surface area contributed by atoms with Crippen LogP contribution < -0.4 is 9.64 Å². The molecule has 1 aromatic heterocycles. The van der Waals surface area contributed by atoms with E-state index < -0.39 is 17.4 Å². The molecule has 0 aliphatic carbocycles. The predicted molar refractivity (Wildman–Crippen MR) is 132 cm³/mol. The average molecular weight is 457 g/mol. The number of carbonyl (C=O) groups is 2. The maximum Gasteiger partial charge on any atom is 0.340 e. The molecule has 34 heavy (non-hydrogen) atoms. The third-order valence-electron chi connectivity index (χ3n) is 6.89. The molecule has 6 heteroatoms. The second-order valence-electron chi connectivity index (χ2n) is 9.47. The molecular formula is C28H28N2O4. The highest BCUT2D eigenvalue weighted by Crippen LogP contribution is 2.54. The molecule has 5 rings (SSSR count). The zero-order valence-corrected chi connectivity index (χ0v) is 20.3. The summed E-state index contributed by atoms with van der Waals surface area (Å²) in [7, 11) is 2.99. The summed E-state index contributed by atoms with van der Waals surface area (Å²) in [6, 6.07) is 13.7. The van der Waals surface area contributed by atoms with Crippen molar-refractivity contribution in [1.82, 2.24) is 4.98 Å². The lowest BCUT2D eigenvalue weighted by Crippen LogP contribution is -2.47. The van der Waals surface area contributed by atoms with E-state index in [1.165, 1.54) is 7.11 Å². The van der Waals surface area contributed by atoms with Gasteiger partial charge in [-0.2, -0.15) is 0 Å². The first-order chi connectivity index (χ1) is 16.2. The molecule has 0 saturated heterocycles. The van der Waals surface area contributed by atoms with Gasteiger partial charge >= 0.3 is 5.97 Å². The van der Waals surface area contributed by atoms with Crippen LogP contribution in [0.3, 0.4) is 0 Å². The van der Waals surface area contributed by atoms with Crippen molar-refractivity contribution >= 4 is 23.1 Å². The molecular weight excluding hydrogens is 428 g/mol. The molecule has 1 amide bonds. The Bertz CT molecular complexity index is 1360. The molecule has 174 valence electrons. The van der Waals surface area contributed by atoms with Crippen LogP contribution in [-0.4, -0.2) is 36.6 Å². The molecule has 2 aliphatic rings. The minimum atomic E-state index is -0.684. The predicted octanol–water partition coefficient (Wildman–Crippen LogP) is 5.46. The molecule has 0 bridgehead atoms. The summed E-state index contributed by atoms with van der Waals surface area (Å²) in [5, 5.41) is 0. The van der Waals surface area contributed by atoms with E-state index in [4.69, 9.17) is 9.47 Å². The number of aromatic nitrogens is 1. The largest absolute Gasteiger partial charge is 0.497 e. The number of ether oxygens (including phenoxy) is 2. The zero-order valence-electron chi connectivity index (χ0n) is 20.3. The number of nitrogens with one attached hydrogen (secondary N) is 1. The Hall–Kier alpha value is -3.80. The van der Waals surface area contributed by atoms with Crippen LogP contribution in [0.1, 0.15) is 59.4 Å². The van der Waals surface area contributed by atoms with Crippen molar-refractivity contribution in [1.29, 1.82) is 0 Å². The monoisotopic (exact) mass is 456 g/mol. The van der Waals surface area contributed by atoms with Crippen LogP contribution in [-0.2, 0) is 9.53 Å². The highest BCUT2D eigenvalue weighted by molar-refractivity contribution is 6.14. The van der Waals surface area contributed by atoms with Crippen LogP contribution in [0.5, 0.6) is 5.75 Å². The number of allylic oxidation sites excluding steroid dienone is 1. The quantitative estimate of drug-likeness (QED) is 0.529. The fraction of sp³-hybridized carbons (Fsp3) is 0.286. The van der Waals surface area contributed by atoms with Gasteiger partial charge in [-0.05, 0) is 56.5 Å². The highest BCUT2D eigenvalue weighted by Gasteiger charge is 2.50. The van der Waals surface area contributed by atoms with Crippen LogP contribution >= 0.6 is 0 Å². The third kappa shape index (κ3) is 3.01. The van der Waals surface area contributed by atoms with E-state index in [0.29, 0.717) is 22.6 Å². The maximum atomic E-state index is 14.2. The number of hydrogen-bond donors (Lipinski definition) is 1. The van der Waals surface area contributed by atoms with E-state index in [2.05, 4.69) is 18.0 Å². The van der Waals surface area contributed by atoms with E-state index in [9.17, 15) is 9.59 Å². The number of hydrogen-bond acceptors (Lipinski definition) is 4. The number of anilines is 1. The van der Waals surface area contributed by atoms with Gasteiger partial charge in [0.1, 0.15) is 5.75 Å². The van der Waals surface area contributed by atoms with Crippen LogP contribution in [0, 0.1) is 6.92 Å². The Balaban J connectivity index is 1.86. The fourth-order valence-electron chi connectivity index (χ4n) is 5.54. The van der Waals surface area contributed by atoms with Crippen molar-refractivity contribution in [2.75, 3.05) is 19.1 Å². The topological polar surface area (TPSA) is 71.6 Å². The number of aromatic amines is 1. The van der Waals surface area contributed by atoms with Crippen LogP contribution in [0.25, 0.3) is 16.8 Å². The van der Waals surface area contributed by atoms with Crippen LogP contribution in [0.15, 0.2) is 48.5 Å². The van der Waals surface area contributed by atoms with Crippen molar-refractivity contribution in [3.8, 4) is 17.0 Å². The lowest BCUT2D eigenvalue weighted by molar-refractivity contribution is -0.119. The smallest absolute Gasteiger partial charge is 0.340 e. The molecule has 3 heterocycles. The lowest BCUT2D eigenvalue weighted by Gasteiger charge is -2.39. The van der Waals surface area contributed by atoms with Gasteiger partial charge in [-0.15, -0.1) is 0 Å². The zero-order chi connectivity index (χ0) is 24.4. The molecule has 2 aromatic carbocycles. The number of methoxy groups -OCH3 is 2. The SMILES string of the molecule is COC(=O)c1c(C)[nH]c(-c2ccccc2)c1C1C(=O)N2c3c(cc(OC)cc31)C(C)=CC2(C)C. The number of carbonyl (C=O) groups excluding carboxylic acids is 2. The summed E-state index contributed by atoms with van der Waals surface area (Å²) in [5.74, 6) is -0.546. The summed E-state index contributed by atoms with van der Waals surface area (Å²) in [6.45, 7) is 7.97. The Morgan fingerprint density at radius 2 is 1.79 bits per heavy atom. The summed E-state index contributed by atoms with van der Waals surface area (Å²) >= 11 is 0.